The highest BCUT2D eigenvalue weighted by atomic mass is 35.5. The van der Waals surface area contributed by atoms with Crippen LogP contribution in [0.1, 0.15) is 25.7 Å². The van der Waals surface area contributed by atoms with Crippen molar-refractivity contribution in [2.45, 2.75) is 37.1 Å². The minimum Gasteiger partial charge on any atom is -0.317 e. The summed E-state index contributed by atoms with van der Waals surface area (Å²) in [4.78, 5) is 0. The van der Waals surface area contributed by atoms with Gasteiger partial charge in [0.1, 0.15) is 0 Å². The van der Waals surface area contributed by atoms with E-state index in [-0.39, 0.29) is 30.8 Å². The number of halogens is 3. The molecule has 0 aromatic carbocycles. The van der Waals surface area contributed by atoms with Crippen molar-refractivity contribution in [2.24, 2.45) is 0 Å². The molecule has 0 aromatic rings. The summed E-state index contributed by atoms with van der Waals surface area (Å²) in [6.07, 6.45) is 1.70. The summed E-state index contributed by atoms with van der Waals surface area (Å²) in [5.74, 6) is -2.44. The van der Waals surface area contributed by atoms with Gasteiger partial charge in [-0.25, -0.2) is 8.78 Å². The van der Waals surface area contributed by atoms with E-state index in [0.717, 1.165) is 25.9 Å². The minimum atomic E-state index is -2.44. The molecule has 0 bridgehead atoms. The van der Waals surface area contributed by atoms with E-state index >= 15 is 0 Å². The van der Waals surface area contributed by atoms with Gasteiger partial charge in [-0.05, 0) is 25.9 Å². The van der Waals surface area contributed by atoms with Gasteiger partial charge in [0, 0.05) is 24.9 Å². The molecular formula is C9H17ClF2N2. The van der Waals surface area contributed by atoms with Crippen molar-refractivity contribution >= 4 is 12.4 Å². The maximum Gasteiger partial charge on any atom is 0.251 e. The second-order valence-electron chi connectivity index (χ2n) is 4.24. The fraction of sp³-hybridized carbons (Fsp3) is 1.00. The fourth-order valence-corrected chi connectivity index (χ4v) is 2.42. The summed E-state index contributed by atoms with van der Waals surface area (Å²) in [6, 6.07) is 0. The summed E-state index contributed by atoms with van der Waals surface area (Å²) in [5, 5.41) is 6.47. The Kier molecular flexibility index (Phi) is 3.72. The first-order valence-corrected chi connectivity index (χ1v) is 4.96. The van der Waals surface area contributed by atoms with Gasteiger partial charge in [-0.15, -0.1) is 12.4 Å². The average Bonchev–Trinajstić information content (AvgIpc) is 2.03. The molecule has 5 heteroatoms. The van der Waals surface area contributed by atoms with Gasteiger partial charge in [0.2, 0.25) is 0 Å². The molecule has 2 fully saturated rings. The van der Waals surface area contributed by atoms with Gasteiger partial charge < -0.3 is 10.6 Å². The van der Waals surface area contributed by atoms with Gasteiger partial charge >= 0.3 is 0 Å². The standard InChI is InChI=1S/C9H16F2N2.ClH/c10-9(11)3-6-13-8(7-9)1-4-12-5-2-8;/h12-13H,1-7H2;1H. The van der Waals surface area contributed by atoms with Crippen LogP contribution in [0.2, 0.25) is 0 Å². The van der Waals surface area contributed by atoms with Crippen LogP contribution < -0.4 is 10.6 Å². The Labute approximate surface area is 89.2 Å². The lowest BCUT2D eigenvalue weighted by Gasteiger charge is -2.44. The smallest absolute Gasteiger partial charge is 0.251 e. The molecular weight excluding hydrogens is 210 g/mol. The molecule has 0 aliphatic carbocycles. The number of piperidine rings is 2. The van der Waals surface area contributed by atoms with Crippen molar-refractivity contribution < 1.29 is 8.78 Å². The van der Waals surface area contributed by atoms with Crippen molar-refractivity contribution in [3.05, 3.63) is 0 Å². The van der Waals surface area contributed by atoms with Crippen LogP contribution in [-0.2, 0) is 0 Å². The Balaban J connectivity index is 0.000000980. The first-order valence-electron chi connectivity index (χ1n) is 4.96. The van der Waals surface area contributed by atoms with Gasteiger partial charge in [0.25, 0.3) is 5.92 Å². The number of rotatable bonds is 0. The third-order valence-electron chi connectivity index (χ3n) is 3.15. The summed E-state index contributed by atoms with van der Waals surface area (Å²) < 4.78 is 26.3. The molecule has 0 aromatic heterocycles. The van der Waals surface area contributed by atoms with E-state index in [4.69, 9.17) is 0 Å². The van der Waals surface area contributed by atoms with E-state index in [0.29, 0.717) is 6.54 Å². The molecule has 14 heavy (non-hydrogen) atoms. The molecule has 2 rings (SSSR count). The molecule has 0 amide bonds. The maximum atomic E-state index is 13.2. The van der Waals surface area contributed by atoms with E-state index in [1.165, 1.54) is 0 Å². The van der Waals surface area contributed by atoms with E-state index in [1.54, 1.807) is 0 Å². The summed E-state index contributed by atoms with van der Waals surface area (Å²) >= 11 is 0. The van der Waals surface area contributed by atoms with Gasteiger partial charge in [0.15, 0.2) is 0 Å². The second-order valence-corrected chi connectivity index (χ2v) is 4.24. The fourth-order valence-electron chi connectivity index (χ4n) is 2.42. The van der Waals surface area contributed by atoms with Crippen LogP contribution in [0.15, 0.2) is 0 Å². The Morgan fingerprint density at radius 1 is 0.929 bits per heavy atom. The lowest BCUT2D eigenvalue weighted by Crippen LogP contribution is -2.59. The molecule has 0 unspecified atom stereocenters. The molecule has 1 spiro atoms. The van der Waals surface area contributed by atoms with Crippen molar-refractivity contribution in [2.75, 3.05) is 19.6 Å². The predicted octanol–water partition coefficient (Wildman–Crippen LogP) is 1.55. The van der Waals surface area contributed by atoms with Crippen molar-refractivity contribution in [1.29, 1.82) is 0 Å². The Morgan fingerprint density at radius 3 is 2.14 bits per heavy atom. The third-order valence-corrected chi connectivity index (χ3v) is 3.15. The molecule has 0 radical (unpaired) electrons. The zero-order chi connectivity index (χ0) is 9.36. The second kappa shape index (κ2) is 4.29. The van der Waals surface area contributed by atoms with Crippen LogP contribution in [-0.4, -0.2) is 31.1 Å². The highest BCUT2D eigenvalue weighted by Crippen LogP contribution is 2.37. The zero-order valence-electron chi connectivity index (χ0n) is 8.11. The third kappa shape index (κ3) is 2.55. The van der Waals surface area contributed by atoms with Crippen LogP contribution in [0.4, 0.5) is 8.78 Å². The predicted molar refractivity (Wildman–Crippen MR) is 54.3 cm³/mol. The monoisotopic (exact) mass is 226 g/mol. The van der Waals surface area contributed by atoms with Gasteiger partial charge in [-0.3, -0.25) is 0 Å². The molecule has 2 N–H and O–H groups in total. The summed E-state index contributed by atoms with van der Waals surface area (Å²) in [6.45, 7) is 2.19. The van der Waals surface area contributed by atoms with Crippen molar-refractivity contribution in [1.82, 2.24) is 10.6 Å². The van der Waals surface area contributed by atoms with Crippen LogP contribution in [0.3, 0.4) is 0 Å². The SMILES string of the molecule is Cl.FC1(F)CCNC2(CCNCC2)C1. The highest BCUT2D eigenvalue weighted by molar-refractivity contribution is 5.85. The average molecular weight is 227 g/mol. The molecule has 2 heterocycles. The zero-order valence-corrected chi connectivity index (χ0v) is 8.93. The van der Waals surface area contributed by atoms with Crippen LogP contribution in [0.5, 0.6) is 0 Å². The van der Waals surface area contributed by atoms with Gasteiger partial charge in [0.05, 0.1) is 0 Å². The van der Waals surface area contributed by atoms with Crippen molar-refractivity contribution in [3.8, 4) is 0 Å². The van der Waals surface area contributed by atoms with E-state index in [9.17, 15) is 8.78 Å². The van der Waals surface area contributed by atoms with Crippen LogP contribution in [0.25, 0.3) is 0 Å². The summed E-state index contributed by atoms with van der Waals surface area (Å²) in [7, 11) is 0. The molecule has 2 aliphatic rings. The molecule has 2 nitrogen and oxygen atoms in total. The van der Waals surface area contributed by atoms with E-state index < -0.39 is 5.92 Å². The van der Waals surface area contributed by atoms with E-state index in [2.05, 4.69) is 10.6 Å². The van der Waals surface area contributed by atoms with E-state index in [1.807, 2.05) is 0 Å². The first-order chi connectivity index (χ1) is 6.12. The first kappa shape index (κ1) is 12.1. The topological polar surface area (TPSA) is 24.1 Å². The number of nitrogens with one attached hydrogen (secondary N) is 2. The quantitative estimate of drug-likeness (QED) is 0.655. The highest BCUT2D eigenvalue weighted by Gasteiger charge is 2.45. The Morgan fingerprint density at radius 2 is 1.57 bits per heavy atom. The molecule has 84 valence electrons. The van der Waals surface area contributed by atoms with Crippen molar-refractivity contribution in [3.63, 3.8) is 0 Å². The van der Waals surface area contributed by atoms with Crippen LogP contribution in [0, 0.1) is 0 Å². The number of hydrogen-bond donors (Lipinski definition) is 2. The lowest BCUT2D eigenvalue weighted by molar-refractivity contribution is -0.0690. The molecule has 0 atom stereocenters. The largest absolute Gasteiger partial charge is 0.317 e. The minimum absolute atomic E-state index is 0. The van der Waals surface area contributed by atoms with Gasteiger partial charge in [-0.2, -0.15) is 0 Å². The van der Waals surface area contributed by atoms with Crippen LogP contribution >= 0.6 is 12.4 Å². The van der Waals surface area contributed by atoms with Gasteiger partial charge in [-0.1, -0.05) is 0 Å². The summed E-state index contributed by atoms with van der Waals surface area (Å²) in [5.41, 5.74) is -0.271. The number of alkyl halides is 2. The number of hydrogen-bond acceptors (Lipinski definition) is 2. The maximum absolute atomic E-state index is 13.2. The molecule has 2 aliphatic heterocycles. The lowest BCUT2D eigenvalue weighted by atomic mass is 9.79. The molecule has 0 saturated carbocycles. The Bertz CT molecular complexity index is 188. The normalized spacial score (nSPS) is 29.6. The Hall–Kier alpha value is 0.0700. The molecule has 2 saturated heterocycles.